The van der Waals surface area contributed by atoms with Crippen LogP contribution in [-0.4, -0.2) is 57.6 Å². The Labute approximate surface area is 202 Å². The van der Waals surface area contributed by atoms with Crippen LogP contribution >= 0.6 is 11.3 Å². The van der Waals surface area contributed by atoms with Gasteiger partial charge in [0.05, 0.1) is 4.90 Å². The third kappa shape index (κ3) is 6.88. The Morgan fingerprint density at radius 1 is 1.32 bits per heavy atom. The molecule has 0 amide bonds. The van der Waals surface area contributed by atoms with Gasteiger partial charge < -0.3 is 15.0 Å². The van der Waals surface area contributed by atoms with E-state index in [9.17, 15) is 23.3 Å². The second-order valence-corrected chi connectivity index (χ2v) is 10.0. The second-order valence-electron chi connectivity index (χ2n) is 7.21. The summed E-state index contributed by atoms with van der Waals surface area (Å²) in [6.45, 7) is 6.25. The van der Waals surface area contributed by atoms with Crippen LogP contribution in [0.15, 0.2) is 46.6 Å². The Balaban J connectivity index is 2.32. The molecule has 0 aliphatic heterocycles. The number of ether oxygens (including phenoxy) is 1. The molecule has 0 aliphatic rings. The van der Waals surface area contributed by atoms with Crippen molar-refractivity contribution in [3.05, 3.63) is 56.5 Å². The Kier molecular flexibility index (Phi) is 9.76. The van der Waals surface area contributed by atoms with E-state index in [0.29, 0.717) is 12.2 Å². The number of sulfonamides is 1. The largest absolute Gasteiger partial charge is 0.457 e. The van der Waals surface area contributed by atoms with E-state index in [1.54, 1.807) is 19.1 Å². The maximum atomic E-state index is 12.8. The summed E-state index contributed by atoms with van der Waals surface area (Å²) < 4.78 is 34.0. The van der Waals surface area contributed by atoms with Gasteiger partial charge >= 0.3 is 5.97 Å². The molecule has 34 heavy (non-hydrogen) atoms. The second kappa shape index (κ2) is 12.3. The van der Waals surface area contributed by atoms with E-state index >= 15 is 0 Å². The summed E-state index contributed by atoms with van der Waals surface area (Å²) >= 11 is 0.980. The molecule has 0 unspecified atom stereocenters. The van der Waals surface area contributed by atoms with E-state index in [2.05, 4.69) is 16.6 Å². The summed E-state index contributed by atoms with van der Waals surface area (Å²) in [5.41, 5.74) is -0.0788. The standard InChI is InChI=1S/C22H27N5O5S2/c1-5-13-32-22(29)18(14-23)21-27(6-2)20(28)19(33-21)15-24-16-7-9-17(10-8-16)34(30,31)25-11-12-26(3)4/h5,7-10,15,24-25H,1,6,11-13H2,2-4H3/b19-15+,21-18-. The van der Waals surface area contributed by atoms with E-state index in [1.165, 1.54) is 29.0 Å². The molecule has 0 spiro atoms. The predicted molar refractivity (Wildman–Crippen MR) is 132 cm³/mol. The van der Waals surface area contributed by atoms with Crippen molar-refractivity contribution in [3.63, 3.8) is 0 Å². The minimum Gasteiger partial charge on any atom is -0.457 e. The SMILES string of the molecule is C=CCOC(=O)/C(C#N)=c1\s/c(=C/Nc2ccc(S(=O)(=O)NCCN(C)C)cc2)c(=O)n1CC. The third-order valence-corrected chi connectivity index (χ3v) is 7.08. The lowest BCUT2D eigenvalue weighted by Gasteiger charge is -2.11. The number of anilines is 1. The van der Waals surface area contributed by atoms with Gasteiger partial charge in [-0.3, -0.25) is 9.36 Å². The molecule has 12 heteroatoms. The van der Waals surface area contributed by atoms with Crippen LogP contribution in [-0.2, 0) is 26.1 Å². The van der Waals surface area contributed by atoms with Crippen molar-refractivity contribution in [2.24, 2.45) is 0 Å². The molecule has 2 N–H and O–H groups in total. The Morgan fingerprint density at radius 3 is 2.56 bits per heavy atom. The van der Waals surface area contributed by atoms with Gasteiger partial charge in [-0.25, -0.2) is 17.9 Å². The maximum Gasteiger partial charge on any atom is 0.352 e. The normalized spacial score (nSPS) is 12.9. The van der Waals surface area contributed by atoms with Crippen molar-refractivity contribution in [2.45, 2.75) is 18.4 Å². The number of benzene rings is 1. The first-order valence-electron chi connectivity index (χ1n) is 10.3. The molecule has 1 aromatic carbocycles. The van der Waals surface area contributed by atoms with Gasteiger partial charge in [-0.1, -0.05) is 12.7 Å². The first kappa shape index (κ1) is 27.0. The fourth-order valence-electron chi connectivity index (χ4n) is 2.75. The molecule has 0 atom stereocenters. The molecule has 10 nitrogen and oxygen atoms in total. The van der Waals surface area contributed by atoms with Gasteiger partial charge in [-0.05, 0) is 45.3 Å². The van der Waals surface area contributed by atoms with Crippen molar-refractivity contribution >= 4 is 44.8 Å². The number of esters is 1. The number of aromatic nitrogens is 1. The number of carbonyl (C=O) groups is 1. The number of carbonyl (C=O) groups excluding carboxylic acids is 1. The zero-order valence-corrected chi connectivity index (χ0v) is 20.8. The van der Waals surface area contributed by atoms with E-state index in [-0.39, 0.29) is 44.9 Å². The van der Waals surface area contributed by atoms with Gasteiger partial charge in [0.25, 0.3) is 5.56 Å². The predicted octanol–water partition coefficient (Wildman–Crippen LogP) is 0.0232. The van der Waals surface area contributed by atoms with Crippen LogP contribution in [0.1, 0.15) is 6.92 Å². The molecule has 1 heterocycles. The lowest BCUT2D eigenvalue weighted by atomic mass is 10.3. The molecular weight excluding hydrogens is 478 g/mol. The van der Waals surface area contributed by atoms with Crippen LogP contribution in [0.4, 0.5) is 5.69 Å². The molecule has 1 aromatic heterocycles. The summed E-state index contributed by atoms with van der Waals surface area (Å²) in [4.78, 5) is 26.9. The number of likely N-dealkylation sites (N-methyl/N-ethyl adjacent to an activating group) is 1. The van der Waals surface area contributed by atoms with E-state index < -0.39 is 16.0 Å². The summed E-state index contributed by atoms with van der Waals surface area (Å²) in [6.07, 6.45) is 2.83. The zero-order valence-electron chi connectivity index (χ0n) is 19.2. The molecule has 0 fully saturated rings. The highest BCUT2D eigenvalue weighted by Crippen LogP contribution is 2.13. The van der Waals surface area contributed by atoms with Crippen molar-refractivity contribution in [1.29, 1.82) is 5.26 Å². The van der Waals surface area contributed by atoms with Crippen LogP contribution in [0.3, 0.4) is 0 Å². The smallest absolute Gasteiger partial charge is 0.352 e. The number of thiazole rings is 1. The Bertz CT molecular complexity index is 1350. The van der Waals surface area contributed by atoms with Gasteiger partial charge in [0, 0.05) is 31.5 Å². The van der Waals surface area contributed by atoms with Crippen LogP contribution in [0.25, 0.3) is 11.8 Å². The van der Waals surface area contributed by atoms with Crippen molar-refractivity contribution in [2.75, 3.05) is 39.1 Å². The number of nitrogens with zero attached hydrogens (tertiary/aromatic N) is 3. The third-order valence-electron chi connectivity index (χ3n) is 4.47. The van der Waals surface area contributed by atoms with Gasteiger partial charge in [0.15, 0.2) is 5.57 Å². The summed E-state index contributed by atoms with van der Waals surface area (Å²) in [5, 5.41) is 12.4. The quantitative estimate of drug-likeness (QED) is 0.323. The van der Waals surface area contributed by atoms with Crippen LogP contribution in [0, 0.1) is 11.3 Å². The molecule has 0 radical (unpaired) electrons. The highest BCUT2D eigenvalue weighted by molar-refractivity contribution is 7.89. The van der Waals surface area contributed by atoms with Gasteiger partial charge in [-0.15, -0.1) is 11.3 Å². The minimum atomic E-state index is -3.63. The number of nitrogens with one attached hydrogen (secondary N) is 2. The number of nitriles is 1. The topological polar surface area (TPSA) is 134 Å². The molecular formula is C22H27N5O5S2. The molecule has 2 rings (SSSR count). The highest BCUT2D eigenvalue weighted by Gasteiger charge is 2.16. The van der Waals surface area contributed by atoms with Crippen LogP contribution < -0.4 is 24.8 Å². The molecule has 0 bridgehead atoms. The Hall–Kier alpha value is -3.24. The van der Waals surface area contributed by atoms with Gasteiger partial charge in [0.2, 0.25) is 10.0 Å². The average molecular weight is 506 g/mol. The molecule has 0 saturated carbocycles. The lowest BCUT2D eigenvalue weighted by Crippen LogP contribution is -2.32. The highest BCUT2D eigenvalue weighted by atomic mass is 32.2. The monoisotopic (exact) mass is 505 g/mol. The van der Waals surface area contributed by atoms with Crippen molar-refractivity contribution in [3.8, 4) is 6.07 Å². The van der Waals surface area contributed by atoms with Crippen LogP contribution in [0.5, 0.6) is 0 Å². The van der Waals surface area contributed by atoms with Gasteiger partial charge in [-0.2, -0.15) is 5.26 Å². The summed E-state index contributed by atoms with van der Waals surface area (Å²) in [6, 6.07) is 7.87. The lowest BCUT2D eigenvalue weighted by molar-refractivity contribution is -0.135. The Morgan fingerprint density at radius 2 is 2.00 bits per heavy atom. The number of hydrogen-bond donors (Lipinski definition) is 2. The number of rotatable bonds is 11. The summed E-state index contributed by atoms with van der Waals surface area (Å²) in [7, 11) is 0.0751. The van der Waals surface area contributed by atoms with E-state index in [0.717, 1.165) is 11.3 Å². The maximum absolute atomic E-state index is 12.8. The molecule has 0 aliphatic carbocycles. The number of hydrogen-bond acceptors (Lipinski definition) is 9. The molecule has 182 valence electrons. The minimum absolute atomic E-state index is 0.0524. The van der Waals surface area contributed by atoms with Crippen LogP contribution in [0.2, 0.25) is 0 Å². The van der Waals surface area contributed by atoms with Crippen molar-refractivity contribution in [1.82, 2.24) is 14.2 Å². The van der Waals surface area contributed by atoms with Gasteiger partial charge in [0.1, 0.15) is 21.9 Å². The fourth-order valence-corrected chi connectivity index (χ4v) is 4.84. The van der Waals surface area contributed by atoms with E-state index in [4.69, 9.17) is 4.74 Å². The van der Waals surface area contributed by atoms with Crippen molar-refractivity contribution < 1.29 is 17.9 Å². The molecule has 2 aromatic rings. The fraction of sp³-hybridized carbons (Fsp3) is 0.318. The van der Waals surface area contributed by atoms with E-state index in [1.807, 2.05) is 25.1 Å². The first-order chi connectivity index (χ1) is 16.1. The summed E-state index contributed by atoms with van der Waals surface area (Å²) in [5.74, 6) is -0.832. The first-order valence-corrected chi connectivity index (χ1v) is 12.6. The molecule has 0 saturated heterocycles. The zero-order chi connectivity index (χ0) is 25.3. The average Bonchev–Trinajstić information content (AvgIpc) is 3.11.